The summed E-state index contributed by atoms with van der Waals surface area (Å²) < 4.78 is 23.6. The molecule has 4 heteroatoms. The first kappa shape index (κ1) is 16.3. The molecular weight excluding hydrogens is 270 g/mol. The maximum atomic E-state index is 11.8. The van der Waals surface area contributed by atoms with E-state index in [1.807, 2.05) is 0 Å². The summed E-state index contributed by atoms with van der Waals surface area (Å²) in [7, 11) is -2.83. The van der Waals surface area contributed by atoms with Gasteiger partial charge in [-0.3, -0.25) is 4.90 Å². The zero-order valence-electron chi connectivity index (χ0n) is 13.6. The fourth-order valence-electron chi connectivity index (χ4n) is 3.94. The Bertz CT molecular complexity index is 420. The van der Waals surface area contributed by atoms with Crippen molar-refractivity contribution in [1.82, 2.24) is 4.90 Å². The minimum absolute atomic E-state index is 0.189. The lowest BCUT2D eigenvalue weighted by Crippen LogP contribution is -2.56. The maximum Gasteiger partial charge on any atom is 0.153 e. The molecule has 1 aliphatic heterocycles. The lowest BCUT2D eigenvalue weighted by molar-refractivity contribution is 0.0933. The van der Waals surface area contributed by atoms with Gasteiger partial charge in [-0.2, -0.15) is 0 Å². The van der Waals surface area contributed by atoms with Crippen molar-refractivity contribution in [3.8, 4) is 0 Å². The van der Waals surface area contributed by atoms with E-state index in [-0.39, 0.29) is 5.54 Å². The van der Waals surface area contributed by atoms with Gasteiger partial charge in [0, 0.05) is 18.6 Å². The molecule has 0 N–H and O–H groups in total. The van der Waals surface area contributed by atoms with Crippen molar-refractivity contribution in [2.45, 2.75) is 58.9 Å². The highest BCUT2D eigenvalue weighted by Gasteiger charge is 2.38. The minimum atomic E-state index is -2.83. The van der Waals surface area contributed by atoms with Gasteiger partial charge in [0.05, 0.1) is 11.5 Å². The molecule has 2 aliphatic rings. The van der Waals surface area contributed by atoms with E-state index in [0.717, 1.165) is 30.8 Å². The molecule has 0 unspecified atom stereocenters. The van der Waals surface area contributed by atoms with Crippen LogP contribution in [0.4, 0.5) is 0 Å². The van der Waals surface area contributed by atoms with Crippen LogP contribution >= 0.6 is 0 Å². The van der Waals surface area contributed by atoms with Crippen LogP contribution in [-0.4, -0.2) is 43.5 Å². The Hall–Kier alpha value is -0.0900. The van der Waals surface area contributed by atoms with Crippen molar-refractivity contribution in [3.63, 3.8) is 0 Å². The molecule has 2 fully saturated rings. The zero-order valence-corrected chi connectivity index (χ0v) is 14.4. The summed E-state index contributed by atoms with van der Waals surface area (Å²) in [5.41, 5.74) is -0.189. The first-order valence-corrected chi connectivity index (χ1v) is 9.97. The van der Waals surface area contributed by atoms with Gasteiger partial charge < -0.3 is 0 Å². The predicted molar refractivity (Wildman–Crippen MR) is 84.6 cm³/mol. The van der Waals surface area contributed by atoms with E-state index in [0.29, 0.717) is 11.5 Å². The Labute approximate surface area is 125 Å². The second-order valence-corrected chi connectivity index (χ2v) is 10.1. The number of rotatable bonds is 3. The van der Waals surface area contributed by atoms with Crippen LogP contribution in [0.3, 0.4) is 0 Å². The van der Waals surface area contributed by atoms with E-state index in [9.17, 15) is 8.42 Å². The molecule has 1 heterocycles. The van der Waals surface area contributed by atoms with Crippen molar-refractivity contribution < 1.29 is 8.42 Å². The third kappa shape index (κ3) is 3.97. The van der Waals surface area contributed by atoms with E-state index >= 15 is 0 Å². The van der Waals surface area contributed by atoms with Crippen LogP contribution in [0.1, 0.15) is 53.4 Å². The van der Waals surface area contributed by atoms with Gasteiger partial charge >= 0.3 is 0 Å². The number of nitrogens with zero attached hydrogens (tertiary/aromatic N) is 1. The van der Waals surface area contributed by atoms with Crippen molar-refractivity contribution in [3.05, 3.63) is 0 Å². The molecule has 0 atom stereocenters. The van der Waals surface area contributed by atoms with E-state index in [4.69, 9.17) is 0 Å². The molecule has 20 heavy (non-hydrogen) atoms. The van der Waals surface area contributed by atoms with Crippen LogP contribution in [0.15, 0.2) is 0 Å². The van der Waals surface area contributed by atoms with Crippen molar-refractivity contribution in [1.29, 1.82) is 0 Å². The molecule has 0 bridgehead atoms. The average Bonchev–Trinajstić information content (AvgIpc) is 2.32. The summed E-state index contributed by atoms with van der Waals surface area (Å²) >= 11 is 0. The number of hydrogen-bond acceptors (Lipinski definition) is 3. The molecule has 118 valence electrons. The molecule has 1 aliphatic carbocycles. The Morgan fingerprint density at radius 3 is 2.25 bits per heavy atom. The van der Waals surface area contributed by atoms with Crippen LogP contribution in [-0.2, 0) is 9.84 Å². The van der Waals surface area contributed by atoms with Gasteiger partial charge in [-0.05, 0) is 57.3 Å². The van der Waals surface area contributed by atoms with Crippen LogP contribution < -0.4 is 0 Å². The van der Waals surface area contributed by atoms with E-state index < -0.39 is 9.84 Å². The standard InChI is InChI=1S/C16H31NO2S/c1-13(2)15-7-5-14(6-8-15)11-17-9-10-20(18,19)12-16(17,3)4/h13-15H,5-12H2,1-4H3. The van der Waals surface area contributed by atoms with E-state index in [1.54, 1.807) is 0 Å². The van der Waals surface area contributed by atoms with Crippen molar-refractivity contribution >= 4 is 9.84 Å². The summed E-state index contributed by atoms with van der Waals surface area (Å²) in [4.78, 5) is 2.43. The normalized spacial score (nSPS) is 34.2. The van der Waals surface area contributed by atoms with Gasteiger partial charge in [0.15, 0.2) is 9.84 Å². The SMILES string of the molecule is CC(C)C1CCC(CN2CCS(=O)(=O)CC2(C)C)CC1. The predicted octanol–water partition coefficient (Wildman–Crippen LogP) is 2.96. The highest BCUT2D eigenvalue weighted by molar-refractivity contribution is 7.91. The van der Waals surface area contributed by atoms with Crippen molar-refractivity contribution in [2.75, 3.05) is 24.6 Å². The van der Waals surface area contributed by atoms with Crippen LogP contribution in [0.5, 0.6) is 0 Å². The summed E-state index contributed by atoms with van der Waals surface area (Å²) in [6.45, 7) is 10.7. The first-order chi connectivity index (χ1) is 9.20. The highest BCUT2D eigenvalue weighted by atomic mass is 32.2. The fraction of sp³-hybridized carbons (Fsp3) is 1.00. The highest BCUT2D eigenvalue weighted by Crippen LogP contribution is 2.35. The summed E-state index contributed by atoms with van der Waals surface area (Å²) in [6, 6.07) is 0. The Balaban J connectivity index is 1.88. The van der Waals surface area contributed by atoms with E-state index in [1.165, 1.54) is 25.7 Å². The molecular formula is C16H31NO2S. The van der Waals surface area contributed by atoms with Gasteiger partial charge in [-0.25, -0.2) is 8.42 Å². The van der Waals surface area contributed by atoms with Gasteiger partial charge in [-0.1, -0.05) is 13.8 Å². The smallest absolute Gasteiger partial charge is 0.153 e. The monoisotopic (exact) mass is 301 g/mol. The second-order valence-electron chi connectivity index (χ2n) is 7.88. The molecule has 2 rings (SSSR count). The quantitative estimate of drug-likeness (QED) is 0.804. The van der Waals surface area contributed by atoms with E-state index in [2.05, 4.69) is 32.6 Å². The Morgan fingerprint density at radius 2 is 1.75 bits per heavy atom. The van der Waals surface area contributed by atoms with Crippen molar-refractivity contribution in [2.24, 2.45) is 17.8 Å². The van der Waals surface area contributed by atoms with Crippen LogP contribution in [0.2, 0.25) is 0 Å². The molecule has 0 radical (unpaired) electrons. The number of hydrogen-bond donors (Lipinski definition) is 0. The molecule has 3 nitrogen and oxygen atoms in total. The summed E-state index contributed by atoms with van der Waals surface area (Å²) in [5, 5.41) is 0. The zero-order chi connectivity index (χ0) is 15.0. The third-order valence-corrected chi connectivity index (χ3v) is 7.37. The Kier molecular flexibility index (Phi) is 4.85. The second kappa shape index (κ2) is 5.96. The topological polar surface area (TPSA) is 37.4 Å². The van der Waals surface area contributed by atoms with Gasteiger partial charge in [0.1, 0.15) is 0 Å². The van der Waals surface area contributed by atoms with Crippen LogP contribution in [0.25, 0.3) is 0 Å². The molecule has 1 saturated heterocycles. The van der Waals surface area contributed by atoms with Gasteiger partial charge in [-0.15, -0.1) is 0 Å². The average molecular weight is 301 g/mol. The lowest BCUT2D eigenvalue weighted by atomic mass is 9.76. The summed E-state index contributed by atoms with van der Waals surface area (Å²) in [6.07, 6.45) is 5.36. The van der Waals surface area contributed by atoms with Gasteiger partial charge in [0.25, 0.3) is 0 Å². The first-order valence-electron chi connectivity index (χ1n) is 8.15. The largest absolute Gasteiger partial charge is 0.296 e. The minimum Gasteiger partial charge on any atom is -0.296 e. The summed E-state index contributed by atoms with van der Waals surface area (Å²) in [5.74, 6) is 3.15. The molecule has 0 spiro atoms. The third-order valence-electron chi connectivity index (χ3n) is 5.41. The molecule has 1 saturated carbocycles. The molecule has 0 amide bonds. The van der Waals surface area contributed by atoms with Crippen LogP contribution in [0, 0.1) is 17.8 Å². The maximum absolute atomic E-state index is 11.8. The molecule has 0 aromatic carbocycles. The fourth-order valence-corrected chi connectivity index (χ4v) is 5.84. The lowest BCUT2D eigenvalue weighted by Gasteiger charge is -2.44. The Morgan fingerprint density at radius 1 is 1.15 bits per heavy atom. The molecule has 0 aromatic rings. The number of sulfone groups is 1. The molecule has 0 aromatic heterocycles. The van der Waals surface area contributed by atoms with Gasteiger partial charge in [0.2, 0.25) is 0 Å².